The first kappa shape index (κ1) is 34.0. The number of unbranched alkanes of at least 4 members (excludes halogenated alkanes) is 1. The number of hydrogen-bond acceptors (Lipinski definition) is 5. The summed E-state index contributed by atoms with van der Waals surface area (Å²) >= 11 is 0. The fourth-order valence-electron chi connectivity index (χ4n) is 4.65. The van der Waals surface area contributed by atoms with E-state index in [2.05, 4.69) is 76.5 Å². The number of phenolic OH excluding ortho intramolecular Hbond substituents is 1. The zero-order valence-corrected chi connectivity index (χ0v) is 27.0. The van der Waals surface area contributed by atoms with Crippen LogP contribution in [0.25, 0.3) is 0 Å². The van der Waals surface area contributed by atoms with Crippen molar-refractivity contribution in [1.82, 2.24) is 0 Å². The van der Waals surface area contributed by atoms with Gasteiger partial charge in [0.2, 0.25) is 0 Å². The van der Waals surface area contributed by atoms with E-state index in [4.69, 9.17) is 10.00 Å². The highest BCUT2D eigenvalue weighted by Crippen LogP contribution is 2.39. The number of phenols is 1. The second-order valence-electron chi connectivity index (χ2n) is 12.4. The average Bonchev–Trinajstić information content (AvgIpc) is 3.00. The fourth-order valence-corrected chi connectivity index (χ4v) is 4.65. The second kappa shape index (κ2) is 14.8. The van der Waals surface area contributed by atoms with Crippen LogP contribution in [0.1, 0.15) is 97.3 Å². The predicted octanol–water partition coefficient (Wildman–Crippen LogP) is 8.86. The maximum Gasteiger partial charge on any atom is 0.323 e. The van der Waals surface area contributed by atoms with E-state index in [0.29, 0.717) is 29.1 Å². The summed E-state index contributed by atoms with van der Waals surface area (Å²) in [6, 6.07) is 18.8. The molecule has 234 valence electrons. The van der Waals surface area contributed by atoms with E-state index in [-0.39, 0.29) is 28.2 Å². The lowest BCUT2D eigenvalue weighted by atomic mass is 9.76. The molecule has 0 aliphatic heterocycles. The number of aromatic hydroxyl groups is 1. The van der Waals surface area contributed by atoms with Crippen molar-refractivity contribution in [3.8, 4) is 17.6 Å². The van der Waals surface area contributed by atoms with Crippen LogP contribution in [0.3, 0.4) is 0 Å². The monoisotopic (exact) mass is 598 g/mol. The Balaban J connectivity index is 1.78. The first-order valence-corrected chi connectivity index (χ1v) is 15.4. The number of ether oxygens (including phenoxy) is 1. The number of benzene rings is 3. The number of anilines is 3. The Labute approximate surface area is 261 Å². The molecule has 0 radical (unpaired) electrons. The zero-order chi connectivity index (χ0) is 32.5. The number of urea groups is 1. The third kappa shape index (κ3) is 8.76. The van der Waals surface area contributed by atoms with Crippen molar-refractivity contribution in [2.75, 3.05) is 16.0 Å². The van der Waals surface area contributed by atoms with Gasteiger partial charge < -0.3 is 25.8 Å². The average molecular weight is 599 g/mol. The molecule has 3 aromatic carbocycles. The summed E-state index contributed by atoms with van der Waals surface area (Å²) in [6.45, 7) is 15.3. The number of carbonyl (C=O) groups excluding carboxylic acids is 2. The van der Waals surface area contributed by atoms with Crippen LogP contribution in [0, 0.1) is 11.3 Å². The summed E-state index contributed by atoms with van der Waals surface area (Å²) in [5, 5.41) is 27.8. The number of hydrogen-bond donors (Lipinski definition) is 4. The minimum atomic E-state index is -0.735. The maximum absolute atomic E-state index is 13.5. The van der Waals surface area contributed by atoms with E-state index in [9.17, 15) is 14.7 Å². The Morgan fingerprint density at radius 1 is 0.886 bits per heavy atom. The number of nitrogens with zero attached hydrogens (tertiary/aromatic N) is 1. The minimum Gasteiger partial charge on any atom is -0.506 e. The van der Waals surface area contributed by atoms with Crippen molar-refractivity contribution >= 4 is 29.0 Å². The number of nitriles is 1. The fraction of sp³-hybridized carbons (Fsp3) is 0.417. The number of rotatable bonds is 13. The summed E-state index contributed by atoms with van der Waals surface area (Å²) in [5.41, 5.74) is 3.58. The van der Waals surface area contributed by atoms with Crippen molar-refractivity contribution in [3.63, 3.8) is 0 Å². The molecule has 0 fully saturated rings. The zero-order valence-electron chi connectivity index (χ0n) is 27.0. The van der Waals surface area contributed by atoms with Gasteiger partial charge in [-0.3, -0.25) is 4.79 Å². The van der Waals surface area contributed by atoms with E-state index in [1.54, 1.807) is 30.3 Å². The maximum atomic E-state index is 13.5. The van der Waals surface area contributed by atoms with Crippen molar-refractivity contribution in [3.05, 3.63) is 77.4 Å². The quantitative estimate of drug-likeness (QED) is 0.146. The van der Waals surface area contributed by atoms with Crippen molar-refractivity contribution in [2.24, 2.45) is 0 Å². The Hall–Kier alpha value is -4.51. The molecule has 0 heterocycles. The summed E-state index contributed by atoms with van der Waals surface area (Å²) in [6.07, 6.45) is 3.44. The molecule has 0 saturated carbocycles. The third-order valence-electron chi connectivity index (χ3n) is 8.40. The van der Waals surface area contributed by atoms with Gasteiger partial charge in [0.05, 0.1) is 17.3 Å². The molecule has 3 rings (SSSR count). The van der Waals surface area contributed by atoms with E-state index >= 15 is 0 Å². The summed E-state index contributed by atoms with van der Waals surface area (Å²) in [5.74, 6) is 0.181. The normalized spacial score (nSPS) is 12.1. The van der Waals surface area contributed by atoms with Crippen molar-refractivity contribution in [2.45, 2.75) is 97.5 Å². The van der Waals surface area contributed by atoms with Crippen LogP contribution < -0.4 is 20.7 Å². The molecule has 0 aliphatic rings. The lowest BCUT2D eigenvalue weighted by molar-refractivity contribution is -0.123. The molecule has 8 heteroatoms. The molecule has 0 aliphatic carbocycles. The molecule has 8 nitrogen and oxygen atoms in total. The highest BCUT2D eigenvalue weighted by atomic mass is 16.5. The molecule has 0 bridgehead atoms. The smallest absolute Gasteiger partial charge is 0.323 e. The molecule has 3 amide bonds. The van der Waals surface area contributed by atoms with Crippen LogP contribution in [-0.4, -0.2) is 23.1 Å². The number of amides is 3. The van der Waals surface area contributed by atoms with Crippen LogP contribution in [0.5, 0.6) is 11.5 Å². The largest absolute Gasteiger partial charge is 0.506 e. The third-order valence-corrected chi connectivity index (χ3v) is 8.40. The van der Waals surface area contributed by atoms with E-state index in [1.165, 1.54) is 17.7 Å². The van der Waals surface area contributed by atoms with E-state index in [0.717, 1.165) is 31.2 Å². The first-order chi connectivity index (χ1) is 20.8. The molecule has 0 aromatic heterocycles. The highest BCUT2D eigenvalue weighted by Gasteiger charge is 2.29. The summed E-state index contributed by atoms with van der Waals surface area (Å²) in [4.78, 5) is 26.0. The summed E-state index contributed by atoms with van der Waals surface area (Å²) < 4.78 is 6.49. The van der Waals surface area contributed by atoms with Crippen molar-refractivity contribution in [1.29, 1.82) is 5.26 Å². The van der Waals surface area contributed by atoms with Crippen LogP contribution in [0.4, 0.5) is 21.9 Å². The van der Waals surface area contributed by atoms with Gasteiger partial charge in [-0.2, -0.15) is 5.26 Å². The molecule has 3 aromatic rings. The van der Waals surface area contributed by atoms with Gasteiger partial charge in [0.1, 0.15) is 11.5 Å². The van der Waals surface area contributed by atoms with Gasteiger partial charge in [0, 0.05) is 23.0 Å². The SMILES string of the molecule is CCCC[C@H](Oc1ccc(C(C)(C)CC)cc1C(C)(C)CC)C(=O)Nc1ccc(NC(=O)Nc2cccc(C#N)c2)c(O)c1. The molecule has 0 unspecified atom stereocenters. The highest BCUT2D eigenvalue weighted by molar-refractivity contribution is 6.01. The van der Waals surface area contributed by atoms with Gasteiger partial charge in [-0.15, -0.1) is 0 Å². The van der Waals surface area contributed by atoms with Crippen LogP contribution in [-0.2, 0) is 15.6 Å². The second-order valence-corrected chi connectivity index (χ2v) is 12.4. The summed E-state index contributed by atoms with van der Waals surface area (Å²) in [7, 11) is 0. The van der Waals surface area contributed by atoms with E-state index in [1.807, 2.05) is 12.1 Å². The van der Waals surface area contributed by atoms with Gasteiger partial charge in [0.15, 0.2) is 6.10 Å². The molecule has 0 saturated heterocycles. The van der Waals surface area contributed by atoms with Crippen LogP contribution in [0.15, 0.2) is 60.7 Å². The molecule has 0 spiro atoms. The molecule has 44 heavy (non-hydrogen) atoms. The van der Waals surface area contributed by atoms with Crippen LogP contribution in [0.2, 0.25) is 0 Å². The molecular weight excluding hydrogens is 552 g/mol. The Bertz CT molecular complexity index is 1510. The Kier molecular flexibility index (Phi) is 11.4. The van der Waals surface area contributed by atoms with Gasteiger partial charge in [0.25, 0.3) is 5.91 Å². The topological polar surface area (TPSA) is 123 Å². The van der Waals surface area contributed by atoms with Crippen LogP contribution >= 0.6 is 0 Å². The Morgan fingerprint density at radius 2 is 1.59 bits per heavy atom. The molecule has 1 atom stereocenters. The van der Waals surface area contributed by atoms with Gasteiger partial charge >= 0.3 is 6.03 Å². The molecule has 4 N–H and O–H groups in total. The van der Waals surface area contributed by atoms with Gasteiger partial charge in [-0.25, -0.2) is 4.79 Å². The predicted molar refractivity (Wildman–Crippen MR) is 178 cm³/mol. The minimum absolute atomic E-state index is 0.0161. The molecular formula is C36H46N4O4. The van der Waals surface area contributed by atoms with Gasteiger partial charge in [-0.1, -0.05) is 73.1 Å². The lowest BCUT2D eigenvalue weighted by Gasteiger charge is -2.31. The Morgan fingerprint density at radius 3 is 2.23 bits per heavy atom. The van der Waals surface area contributed by atoms with Crippen molar-refractivity contribution < 1.29 is 19.4 Å². The van der Waals surface area contributed by atoms with Gasteiger partial charge in [-0.05, 0) is 78.5 Å². The van der Waals surface area contributed by atoms with E-state index < -0.39 is 12.1 Å². The number of nitrogens with one attached hydrogen (secondary N) is 3. The first-order valence-electron chi connectivity index (χ1n) is 15.4. The standard InChI is InChI=1S/C36H46N4O4/c1-8-11-15-32(44-31-19-16-25(35(4,5)9-2)21-28(31)36(6,7)10-3)33(42)38-27-17-18-29(30(41)22-27)40-34(43)39-26-14-12-13-24(20-26)23-37/h12-14,16-22,32,41H,8-11,15H2,1-7H3,(H,38,42)(H2,39,40,43)/t32-/m0/s1. The number of carbonyl (C=O) groups is 2. The lowest BCUT2D eigenvalue weighted by Crippen LogP contribution is -2.34.